The minimum absolute atomic E-state index is 0.291. The van der Waals surface area contributed by atoms with E-state index in [1.54, 1.807) is 0 Å². The number of hydrogen-bond acceptors (Lipinski definition) is 3. The van der Waals surface area contributed by atoms with Crippen molar-refractivity contribution in [3.05, 3.63) is 29.8 Å². The molecule has 0 spiro atoms. The minimum Gasteiger partial charge on any atom is -0.491 e. The van der Waals surface area contributed by atoms with Crippen LogP contribution in [0.25, 0.3) is 0 Å². The van der Waals surface area contributed by atoms with Gasteiger partial charge in [-0.25, -0.2) is 0 Å². The van der Waals surface area contributed by atoms with Crippen molar-refractivity contribution in [3.63, 3.8) is 0 Å². The van der Waals surface area contributed by atoms with Gasteiger partial charge in [-0.15, -0.1) is 0 Å². The van der Waals surface area contributed by atoms with Crippen LogP contribution in [0.2, 0.25) is 0 Å². The van der Waals surface area contributed by atoms with Crippen molar-refractivity contribution in [1.82, 2.24) is 5.32 Å². The lowest BCUT2D eigenvalue weighted by Gasteiger charge is -2.16. The van der Waals surface area contributed by atoms with E-state index in [1.807, 2.05) is 18.2 Å². The summed E-state index contributed by atoms with van der Waals surface area (Å²) in [7, 11) is 0. The van der Waals surface area contributed by atoms with Crippen molar-refractivity contribution >= 4 is 5.91 Å². The first-order chi connectivity index (χ1) is 8.69. The van der Waals surface area contributed by atoms with Crippen molar-refractivity contribution in [2.24, 2.45) is 5.73 Å². The molecule has 1 aromatic carbocycles. The normalized spacial score (nSPS) is 16.3. The predicted octanol–water partition coefficient (Wildman–Crippen LogP) is 1.23. The number of rotatable bonds is 7. The molecule has 0 saturated heterocycles. The summed E-state index contributed by atoms with van der Waals surface area (Å²) in [6.07, 6.45) is 3.21. The average molecular weight is 248 g/mol. The summed E-state index contributed by atoms with van der Waals surface area (Å²) in [4.78, 5) is 11.3. The Bertz CT molecular complexity index is 416. The van der Waals surface area contributed by atoms with E-state index in [-0.39, 0.29) is 5.91 Å². The Kier molecular flexibility index (Phi) is 4.20. The summed E-state index contributed by atoms with van der Waals surface area (Å²) in [5.41, 5.74) is 6.57. The van der Waals surface area contributed by atoms with Gasteiger partial charge in [0.1, 0.15) is 18.4 Å². The van der Waals surface area contributed by atoms with Gasteiger partial charge in [-0.3, -0.25) is 4.79 Å². The van der Waals surface area contributed by atoms with E-state index in [0.717, 1.165) is 25.0 Å². The molecule has 1 saturated carbocycles. The Labute approximate surface area is 108 Å². The van der Waals surface area contributed by atoms with Gasteiger partial charge in [-0.05, 0) is 37.0 Å². The molecule has 1 aliphatic rings. The van der Waals surface area contributed by atoms with E-state index in [1.165, 1.54) is 5.56 Å². The molecule has 1 aliphatic carbocycles. The van der Waals surface area contributed by atoms with E-state index in [9.17, 15) is 4.79 Å². The monoisotopic (exact) mass is 248 g/mol. The van der Waals surface area contributed by atoms with Crippen LogP contribution in [0.1, 0.15) is 25.3 Å². The molecule has 0 bridgehead atoms. The fourth-order valence-electron chi connectivity index (χ4n) is 1.78. The maximum Gasteiger partial charge on any atom is 0.238 e. The van der Waals surface area contributed by atoms with Crippen molar-refractivity contribution < 1.29 is 9.53 Å². The van der Waals surface area contributed by atoms with Crippen LogP contribution in [-0.4, -0.2) is 24.6 Å². The number of nitrogens with one attached hydrogen (secondary N) is 1. The van der Waals surface area contributed by atoms with Crippen LogP contribution in [0.3, 0.4) is 0 Å². The van der Waals surface area contributed by atoms with Gasteiger partial charge in [-0.1, -0.05) is 19.1 Å². The first kappa shape index (κ1) is 12.9. The summed E-state index contributed by atoms with van der Waals surface area (Å²) in [5, 5.41) is 3.19. The molecule has 18 heavy (non-hydrogen) atoms. The molecule has 1 fully saturated rings. The molecule has 4 nitrogen and oxygen atoms in total. The first-order valence-corrected chi connectivity index (χ1v) is 6.46. The zero-order valence-electron chi connectivity index (χ0n) is 10.7. The van der Waals surface area contributed by atoms with Crippen LogP contribution >= 0.6 is 0 Å². The number of amides is 1. The molecule has 0 aliphatic heterocycles. The highest BCUT2D eigenvalue weighted by molar-refractivity contribution is 5.80. The zero-order chi connectivity index (χ0) is 13.0. The van der Waals surface area contributed by atoms with Crippen molar-refractivity contribution in [2.45, 2.75) is 38.3 Å². The number of primary amides is 1. The maximum atomic E-state index is 11.3. The van der Waals surface area contributed by atoms with Gasteiger partial charge in [0.2, 0.25) is 5.91 Å². The Morgan fingerprint density at radius 1 is 1.56 bits per heavy atom. The van der Waals surface area contributed by atoms with Crippen molar-refractivity contribution in [2.75, 3.05) is 6.61 Å². The van der Waals surface area contributed by atoms with E-state index in [2.05, 4.69) is 18.3 Å². The minimum atomic E-state index is -0.400. The topological polar surface area (TPSA) is 64.3 Å². The molecule has 0 heterocycles. The second-order valence-electron chi connectivity index (χ2n) is 4.71. The SMILES string of the molecule is CCc1cccc(OCC(NC2CC2)C(N)=O)c1. The zero-order valence-corrected chi connectivity index (χ0v) is 10.7. The summed E-state index contributed by atoms with van der Waals surface area (Å²) in [6, 6.07) is 7.95. The lowest BCUT2D eigenvalue weighted by atomic mass is 10.2. The molecule has 1 atom stereocenters. The molecular weight excluding hydrogens is 228 g/mol. The number of aryl methyl sites for hydroxylation is 1. The number of benzene rings is 1. The number of ether oxygens (including phenoxy) is 1. The molecule has 2 rings (SSSR count). The maximum absolute atomic E-state index is 11.3. The lowest BCUT2D eigenvalue weighted by molar-refractivity contribution is -0.120. The van der Waals surface area contributed by atoms with Gasteiger partial charge in [0.25, 0.3) is 0 Å². The Morgan fingerprint density at radius 2 is 2.33 bits per heavy atom. The third-order valence-electron chi connectivity index (χ3n) is 3.08. The van der Waals surface area contributed by atoms with Gasteiger partial charge in [0, 0.05) is 6.04 Å². The van der Waals surface area contributed by atoms with Gasteiger partial charge < -0.3 is 15.8 Å². The molecule has 3 N–H and O–H groups in total. The van der Waals surface area contributed by atoms with Crippen LogP contribution in [0, 0.1) is 0 Å². The number of hydrogen-bond donors (Lipinski definition) is 2. The first-order valence-electron chi connectivity index (χ1n) is 6.46. The second kappa shape index (κ2) is 5.87. The lowest BCUT2D eigenvalue weighted by Crippen LogP contribution is -2.46. The van der Waals surface area contributed by atoms with Crippen molar-refractivity contribution in [3.8, 4) is 5.75 Å². The Balaban J connectivity index is 1.88. The molecule has 0 radical (unpaired) electrons. The molecule has 4 heteroatoms. The van der Waals surface area contributed by atoms with E-state index in [0.29, 0.717) is 12.6 Å². The second-order valence-corrected chi connectivity index (χ2v) is 4.71. The standard InChI is InChI=1S/C14H20N2O2/c1-2-10-4-3-5-12(8-10)18-9-13(14(15)17)16-11-6-7-11/h3-5,8,11,13,16H,2,6-7,9H2,1H3,(H2,15,17). The third-order valence-corrected chi connectivity index (χ3v) is 3.08. The van der Waals surface area contributed by atoms with Crippen molar-refractivity contribution in [1.29, 1.82) is 0 Å². The summed E-state index contributed by atoms with van der Waals surface area (Å²) < 4.78 is 5.64. The van der Waals surface area contributed by atoms with Gasteiger partial charge in [-0.2, -0.15) is 0 Å². The molecular formula is C14H20N2O2. The molecule has 0 aromatic heterocycles. The molecule has 1 aromatic rings. The van der Waals surface area contributed by atoms with Gasteiger partial charge >= 0.3 is 0 Å². The third kappa shape index (κ3) is 3.74. The summed E-state index contributed by atoms with van der Waals surface area (Å²) in [5.74, 6) is 0.437. The summed E-state index contributed by atoms with van der Waals surface area (Å²) in [6.45, 7) is 2.39. The average Bonchev–Trinajstić information content (AvgIpc) is 3.18. The number of carbonyl (C=O) groups is 1. The highest BCUT2D eigenvalue weighted by Crippen LogP contribution is 2.20. The number of nitrogens with two attached hydrogens (primary N) is 1. The fraction of sp³-hybridized carbons (Fsp3) is 0.500. The smallest absolute Gasteiger partial charge is 0.238 e. The van der Waals surface area contributed by atoms with Gasteiger partial charge in [0.05, 0.1) is 0 Å². The van der Waals surface area contributed by atoms with Crippen LogP contribution in [0.4, 0.5) is 0 Å². The largest absolute Gasteiger partial charge is 0.491 e. The molecule has 98 valence electrons. The Morgan fingerprint density at radius 3 is 2.94 bits per heavy atom. The van der Waals surface area contributed by atoms with E-state index < -0.39 is 6.04 Å². The Hall–Kier alpha value is -1.55. The molecule has 1 unspecified atom stereocenters. The predicted molar refractivity (Wildman–Crippen MR) is 70.5 cm³/mol. The number of carbonyl (C=O) groups excluding carboxylic acids is 1. The van der Waals surface area contributed by atoms with Crippen LogP contribution in [-0.2, 0) is 11.2 Å². The highest BCUT2D eigenvalue weighted by Gasteiger charge is 2.27. The fourth-order valence-corrected chi connectivity index (χ4v) is 1.78. The van der Waals surface area contributed by atoms with Crippen LogP contribution in [0.5, 0.6) is 5.75 Å². The van der Waals surface area contributed by atoms with E-state index in [4.69, 9.17) is 10.5 Å². The van der Waals surface area contributed by atoms with Crippen LogP contribution in [0.15, 0.2) is 24.3 Å². The quantitative estimate of drug-likeness (QED) is 0.763. The summed E-state index contributed by atoms with van der Waals surface area (Å²) >= 11 is 0. The molecule has 1 amide bonds. The van der Waals surface area contributed by atoms with Crippen LogP contribution < -0.4 is 15.8 Å². The van der Waals surface area contributed by atoms with Gasteiger partial charge in [0.15, 0.2) is 0 Å². The highest BCUT2D eigenvalue weighted by atomic mass is 16.5. The van der Waals surface area contributed by atoms with E-state index >= 15 is 0 Å².